The van der Waals surface area contributed by atoms with Gasteiger partial charge in [-0.25, -0.2) is 0 Å². The standard InChI is InChI=1S/C17H25NO2/c1-12(13-7-8-13)18(9-10-20-2)16-11-14-5-3-4-6-15(14)17(16)19/h3-6,12-13,16-17,19H,7-11H2,1-2H3. The molecule has 0 amide bonds. The number of methoxy groups -OCH3 is 1. The molecule has 1 fully saturated rings. The smallest absolute Gasteiger partial charge is 0.0951 e. The summed E-state index contributed by atoms with van der Waals surface area (Å²) in [4.78, 5) is 2.48. The average molecular weight is 275 g/mol. The Morgan fingerprint density at radius 3 is 2.75 bits per heavy atom. The van der Waals surface area contributed by atoms with Crippen molar-refractivity contribution in [2.24, 2.45) is 5.92 Å². The lowest BCUT2D eigenvalue weighted by atomic mass is 10.1. The Morgan fingerprint density at radius 2 is 2.10 bits per heavy atom. The van der Waals surface area contributed by atoms with Crippen LogP contribution in [0, 0.1) is 5.92 Å². The van der Waals surface area contributed by atoms with Gasteiger partial charge in [0.1, 0.15) is 0 Å². The first-order valence-electron chi connectivity index (χ1n) is 7.73. The van der Waals surface area contributed by atoms with E-state index in [-0.39, 0.29) is 12.1 Å². The molecule has 3 heteroatoms. The molecule has 0 radical (unpaired) electrons. The molecule has 3 atom stereocenters. The van der Waals surface area contributed by atoms with E-state index < -0.39 is 0 Å². The van der Waals surface area contributed by atoms with Crippen LogP contribution in [0.15, 0.2) is 24.3 Å². The van der Waals surface area contributed by atoms with Gasteiger partial charge in [0.2, 0.25) is 0 Å². The Kier molecular flexibility index (Phi) is 4.11. The Hall–Kier alpha value is -0.900. The molecule has 1 saturated carbocycles. The lowest BCUT2D eigenvalue weighted by Gasteiger charge is -2.36. The van der Waals surface area contributed by atoms with Gasteiger partial charge in [-0.2, -0.15) is 0 Å². The number of fused-ring (bicyclic) bond motifs is 1. The van der Waals surface area contributed by atoms with E-state index in [9.17, 15) is 5.11 Å². The second kappa shape index (κ2) is 5.84. The van der Waals surface area contributed by atoms with E-state index in [1.54, 1.807) is 7.11 Å². The second-order valence-corrected chi connectivity index (χ2v) is 6.22. The summed E-state index contributed by atoms with van der Waals surface area (Å²) in [6, 6.07) is 9.05. The van der Waals surface area contributed by atoms with Gasteiger partial charge >= 0.3 is 0 Å². The van der Waals surface area contributed by atoms with Crippen LogP contribution in [0.25, 0.3) is 0 Å². The molecular formula is C17H25NO2. The van der Waals surface area contributed by atoms with E-state index in [1.807, 2.05) is 6.07 Å². The van der Waals surface area contributed by atoms with Crippen molar-refractivity contribution >= 4 is 0 Å². The molecule has 1 aromatic rings. The lowest BCUT2D eigenvalue weighted by Crippen LogP contribution is -2.46. The van der Waals surface area contributed by atoms with Gasteiger partial charge in [-0.3, -0.25) is 4.90 Å². The van der Waals surface area contributed by atoms with Crippen molar-refractivity contribution in [1.29, 1.82) is 0 Å². The molecule has 110 valence electrons. The minimum atomic E-state index is -0.357. The minimum absolute atomic E-state index is 0.207. The molecule has 0 saturated heterocycles. The normalized spacial score (nSPS) is 26.8. The van der Waals surface area contributed by atoms with Crippen molar-refractivity contribution in [2.45, 2.75) is 44.4 Å². The molecule has 1 N–H and O–H groups in total. The molecule has 2 aliphatic carbocycles. The van der Waals surface area contributed by atoms with Crippen LogP contribution in [0.5, 0.6) is 0 Å². The summed E-state index contributed by atoms with van der Waals surface area (Å²) in [6.07, 6.45) is 3.27. The van der Waals surface area contributed by atoms with Crippen LogP contribution < -0.4 is 0 Å². The summed E-state index contributed by atoms with van der Waals surface area (Å²) in [6.45, 7) is 3.95. The minimum Gasteiger partial charge on any atom is -0.387 e. The van der Waals surface area contributed by atoms with E-state index in [0.717, 1.165) is 31.1 Å². The number of rotatable bonds is 6. The largest absolute Gasteiger partial charge is 0.387 e. The highest BCUT2D eigenvalue weighted by atomic mass is 16.5. The van der Waals surface area contributed by atoms with Gasteiger partial charge in [-0.15, -0.1) is 0 Å². The van der Waals surface area contributed by atoms with Crippen molar-refractivity contribution < 1.29 is 9.84 Å². The number of aliphatic hydroxyl groups is 1. The Balaban J connectivity index is 1.78. The summed E-state index contributed by atoms with van der Waals surface area (Å²) < 4.78 is 5.27. The summed E-state index contributed by atoms with van der Waals surface area (Å²) in [5.74, 6) is 0.808. The zero-order valence-corrected chi connectivity index (χ0v) is 12.5. The first-order chi connectivity index (χ1) is 9.72. The van der Waals surface area contributed by atoms with Gasteiger partial charge in [-0.1, -0.05) is 24.3 Å². The third-order valence-corrected chi connectivity index (χ3v) is 4.97. The van der Waals surface area contributed by atoms with Gasteiger partial charge in [0.25, 0.3) is 0 Å². The maximum atomic E-state index is 10.7. The van der Waals surface area contributed by atoms with Crippen LogP contribution in [0.1, 0.15) is 37.0 Å². The third kappa shape index (κ3) is 2.62. The quantitative estimate of drug-likeness (QED) is 0.865. The van der Waals surface area contributed by atoms with Crippen LogP contribution in [0.2, 0.25) is 0 Å². The van der Waals surface area contributed by atoms with E-state index >= 15 is 0 Å². The molecule has 0 heterocycles. The maximum absolute atomic E-state index is 10.7. The number of ether oxygens (including phenoxy) is 1. The molecule has 3 unspecified atom stereocenters. The van der Waals surface area contributed by atoms with Gasteiger partial charge in [0, 0.05) is 25.7 Å². The molecule has 0 bridgehead atoms. The molecule has 3 nitrogen and oxygen atoms in total. The molecule has 0 aliphatic heterocycles. The fourth-order valence-electron chi connectivity index (χ4n) is 3.57. The van der Waals surface area contributed by atoms with E-state index in [2.05, 4.69) is 30.0 Å². The molecular weight excluding hydrogens is 250 g/mol. The van der Waals surface area contributed by atoms with Gasteiger partial charge in [-0.05, 0) is 43.2 Å². The van der Waals surface area contributed by atoms with E-state index in [0.29, 0.717) is 6.04 Å². The second-order valence-electron chi connectivity index (χ2n) is 6.22. The lowest BCUT2D eigenvalue weighted by molar-refractivity contribution is 0.0163. The van der Waals surface area contributed by atoms with Crippen molar-refractivity contribution in [3.63, 3.8) is 0 Å². The van der Waals surface area contributed by atoms with Gasteiger partial charge in [0.05, 0.1) is 12.7 Å². The molecule has 1 aromatic carbocycles. The highest BCUT2D eigenvalue weighted by Gasteiger charge is 2.40. The van der Waals surface area contributed by atoms with Crippen LogP contribution in [0.3, 0.4) is 0 Å². The molecule has 2 aliphatic rings. The zero-order valence-electron chi connectivity index (χ0n) is 12.5. The monoisotopic (exact) mass is 275 g/mol. The first kappa shape index (κ1) is 14.1. The molecule has 0 aromatic heterocycles. The predicted molar refractivity (Wildman–Crippen MR) is 79.7 cm³/mol. The molecule has 3 rings (SSSR count). The average Bonchev–Trinajstić information content (AvgIpc) is 3.26. The van der Waals surface area contributed by atoms with E-state index in [1.165, 1.54) is 18.4 Å². The van der Waals surface area contributed by atoms with Crippen molar-refractivity contribution in [3.8, 4) is 0 Å². The van der Waals surface area contributed by atoms with Crippen LogP contribution >= 0.6 is 0 Å². The van der Waals surface area contributed by atoms with Gasteiger partial charge < -0.3 is 9.84 Å². The zero-order chi connectivity index (χ0) is 14.1. The highest BCUT2D eigenvalue weighted by molar-refractivity contribution is 5.36. The van der Waals surface area contributed by atoms with Crippen LogP contribution in [0.4, 0.5) is 0 Å². The number of nitrogens with zero attached hydrogens (tertiary/aromatic N) is 1. The maximum Gasteiger partial charge on any atom is 0.0951 e. The third-order valence-electron chi connectivity index (χ3n) is 4.97. The van der Waals surface area contributed by atoms with Gasteiger partial charge in [0.15, 0.2) is 0 Å². The van der Waals surface area contributed by atoms with Crippen molar-refractivity contribution in [1.82, 2.24) is 4.90 Å². The molecule has 20 heavy (non-hydrogen) atoms. The number of aliphatic hydroxyl groups excluding tert-OH is 1. The van der Waals surface area contributed by atoms with Crippen LogP contribution in [-0.2, 0) is 11.2 Å². The summed E-state index contributed by atoms with van der Waals surface area (Å²) >= 11 is 0. The fourth-order valence-corrected chi connectivity index (χ4v) is 3.57. The van der Waals surface area contributed by atoms with Crippen LogP contribution in [-0.4, -0.2) is 42.4 Å². The summed E-state index contributed by atoms with van der Waals surface area (Å²) in [7, 11) is 1.75. The highest BCUT2D eigenvalue weighted by Crippen LogP contribution is 2.40. The Bertz CT molecular complexity index is 458. The SMILES string of the molecule is COCCN(C(C)C1CC1)C1Cc2ccccc2C1O. The topological polar surface area (TPSA) is 32.7 Å². The van der Waals surface area contributed by atoms with E-state index in [4.69, 9.17) is 4.74 Å². The number of hydrogen-bond acceptors (Lipinski definition) is 3. The number of hydrogen-bond donors (Lipinski definition) is 1. The summed E-state index contributed by atoms with van der Waals surface area (Å²) in [5.41, 5.74) is 2.42. The summed E-state index contributed by atoms with van der Waals surface area (Å²) in [5, 5.41) is 10.7. The number of benzene rings is 1. The Morgan fingerprint density at radius 1 is 1.35 bits per heavy atom. The predicted octanol–water partition coefficient (Wildman–Crippen LogP) is 2.39. The molecule has 0 spiro atoms. The van der Waals surface area contributed by atoms with Crippen molar-refractivity contribution in [3.05, 3.63) is 35.4 Å². The Labute approximate surface area is 121 Å². The fraction of sp³-hybridized carbons (Fsp3) is 0.647. The van der Waals surface area contributed by atoms with Crippen molar-refractivity contribution in [2.75, 3.05) is 20.3 Å². The first-order valence-corrected chi connectivity index (χ1v) is 7.73.